The summed E-state index contributed by atoms with van der Waals surface area (Å²) < 4.78 is 16.2. The van der Waals surface area contributed by atoms with Gasteiger partial charge in [-0.3, -0.25) is 9.59 Å². The van der Waals surface area contributed by atoms with Crippen LogP contribution in [0.3, 0.4) is 0 Å². The van der Waals surface area contributed by atoms with Crippen LogP contribution in [0.5, 0.6) is 11.5 Å². The van der Waals surface area contributed by atoms with Gasteiger partial charge in [0.1, 0.15) is 0 Å². The van der Waals surface area contributed by atoms with Gasteiger partial charge in [0.25, 0.3) is 5.91 Å². The number of nitrogens with one attached hydrogen (secondary N) is 1. The average molecular weight is 427 g/mol. The van der Waals surface area contributed by atoms with Gasteiger partial charge in [0.15, 0.2) is 23.9 Å². The number of ether oxygens (including phenoxy) is 3. The molecule has 0 aromatic heterocycles. The number of hydrogen-bond acceptors (Lipinski definition) is 6. The predicted molar refractivity (Wildman–Crippen MR) is 117 cm³/mol. The highest BCUT2D eigenvalue weighted by molar-refractivity contribution is 6.14. The lowest BCUT2D eigenvalue weighted by Gasteiger charge is -2.13. The zero-order valence-electron chi connectivity index (χ0n) is 18.4. The number of carbonyl (C=O) groups is 3. The Morgan fingerprint density at radius 1 is 0.903 bits per heavy atom. The molecule has 0 unspecified atom stereocenters. The summed E-state index contributed by atoms with van der Waals surface area (Å²) in [6.45, 7) is 8.59. The number of hydrogen-bond donors (Lipinski definition) is 1. The molecule has 0 atom stereocenters. The van der Waals surface area contributed by atoms with Crippen LogP contribution in [-0.2, 0) is 9.53 Å². The Morgan fingerprint density at radius 3 is 2.19 bits per heavy atom. The molecule has 0 fully saturated rings. The average Bonchev–Trinajstić information content (AvgIpc) is 2.77. The zero-order valence-corrected chi connectivity index (χ0v) is 18.4. The summed E-state index contributed by atoms with van der Waals surface area (Å²) in [6, 6.07) is 11.2. The van der Waals surface area contributed by atoms with Crippen LogP contribution in [0.4, 0.5) is 0 Å². The highest BCUT2D eigenvalue weighted by atomic mass is 16.5. The van der Waals surface area contributed by atoms with Gasteiger partial charge in [-0.25, -0.2) is 4.79 Å². The highest BCUT2D eigenvalue weighted by Crippen LogP contribution is 2.30. The third-order valence-electron chi connectivity index (χ3n) is 4.24. The molecule has 2 aromatic rings. The van der Waals surface area contributed by atoms with Crippen LogP contribution in [0.15, 0.2) is 42.5 Å². The van der Waals surface area contributed by atoms with E-state index in [1.807, 2.05) is 27.7 Å². The van der Waals surface area contributed by atoms with Crippen molar-refractivity contribution in [2.75, 3.05) is 26.4 Å². The third-order valence-corrected chi connectivity index (χ3v) is 4.24. The quantitative estimate of drug-likeness (QED) is 0.435. The van der Waals surface area contributed by atoms with E-state index in [2.05, 4.69) is 5.32 Å². The van der Waals surface area contributed by atoms with Gasteiger partial charge < -0.3 is 19.5 Å². The van der Waals surface area contributed by atoms with E-state index in [4.69, 9.17) is 14.2 Å². The van der Waals surface area contributed by atoms with Gasteiger partial charge in [-0.2, -0.15) is 0 Å². The minimum absolute atomic E-state index is 0.0935. The van der Waals surface area contributed by atoms with Crippen LogP contribution < -0.4 is 14.8 Å². The molecular weight excluding hydrogens is 398 g/mol. The molecule has 0 bridgehead atoms. The molecule has 0 radical (unpaired) electrons. The van der Waals surface area contributed by atoms with Crippen molar-refractivity contribution in [3.05, 3.63) is 59.2 Å². The molecule has 1 amide bonds. The van der Waals surface area contributed by atoms with Crippen molar-refractivity contribution < 1.29 is 28.6 Å². The van der Waals surface area contributed by atoms with E-state index in [9.17, 15) is 14.4 Å². The molecule has 1 N–H and O–H groups in total. The Hall–Kier alpha value is -3.35. The first kappa shape index (κ1) is 23.9. The van der Waals surface area contributed by atoms with Crippen LogP contribution >= 0.6 is 0 Å². The van der Waals surface area contributed by atoms with E-state index in [1.165, 1.54) is 6.07 Å². The predicted octanol–water partition coefficient (Wildman–Crippen LogP) is 3.64. The second-order valence-corrected chi connectivity index (χ2v) is 7.18. The molecule has 31 heavy (non-hydrogen) atoms. The lowest BCUT2D eigenvalue weighted by atomic mass is 9.98. The Labute approximate surface area is 182 Å². The maximum atomic E-state index is 13.1. The number of ketones is 1. The topological polar surface area (TPSA) is 90.9 Å². The first-order valence-electron chi connectivity index (χ1n) is 10.3. The van der Waals surface area contributed by atoms with E-state index < -0.39 is 18.5 Å². The number of esters is 1. The summed E-state index contributed by atoms with van der Waals surface area (Å²) in [7, 11) is 0. The van der Waals surface area contributed by atoms with Gasteiger partial charge >= 0.3 is 5.97 Å². The fraction of sp³-hybridized carbons (Fsp3) is 0.375. The van der Waals surface area contributed by atoms with E-state index in [1.54, 1.807) is 36.4 Å². The molecule has 2 rings (SSSR count). The third kappa shape index (κ3) is 6.84. The summed E-state index contributed by atoms with van der Waals surface area (Å²) in [5.41, 5.74) is 0.625. The fourth-order valence-electron chi connectivity index (χ4n) is 2.78. The zero-order chi connectivity index (χ0) is 22.8. The van der Waals surface area contributed by atoms with Crippen LogP contribution in [-0.4, -0.2) is 44.0 Å². The fourth-order valence-corrected chi connectivity index (χ4v) is 2.78. The molecule has 0 heterocycles. The lowest BCUT2D eigenvalue weighted by Crippen LogP contribution is -2.31. The van der Waals surface area contributed by atoms with Crippen molar-refractivity contribution in [1.82, 2.24) is 5.32 Å². The first-order valence-corrected chi connectivity index (χ1v) is 10.3. The molecule has 0 aliphatic carbocycles. The first-order chi connectivity index (χ1) is 14.9. The SMILES string of the molecule is CCOc1ccc(C(=O)c2ccccc2C(=O)OCC(=O)NCC(C)C)cc1OCC. The summed E-state index contributed by atoms with van der Waals surface area (Å²) in [5, 5.41) is 2.68. The molecular formula is C24H29NO6. The number of amides is 1. The number of carbonyl (C=O) groups excluding carboxylic acids is 3. The molecule has 0 saturated heterocycles. The van der Waals surface area contributed by atoms with Gasteiger partial charge in [0.2, 0.25) is 0 Å². The van der Waals surface area contributed by atoms with Crippen molar-refractivity contribution in [3.63, 3.8) is 0 Å². The van der Waals surface area contributed by atoms with Crippen molar-refractivity contribution in [1.29, 1.82) is 0 Å². The standard InChI is InChI=1S/C24H29NO6/c1-5-29-20-12-11-17(13-21(20)30-6-2)23(27)18-9-7-8-10-19(18)24(28)31-15-22(26)25-14-16(3)4/h7-13,16H,5-6,14-15H2,1-4H3,(H,25,26). The van der Waals surface area contributed by atoms with Crippen molar-refractivity contribution in [3.8, 4) is 11.5 Å². The van der Waals surface area contributed by atoms with E-state index in [0.717, 1.165) is 0 Å². The van der Waals surface area contributed by atoms with E-state index in [-0.39, 0.29) is 22.8 Å². The largest absolute Gasteiger partial charge is 0.490 e. The van der Waals surface area contributed by atoms with Crippen LogP contribution in [0.2, 0.25) is 0 Å². The Kier molecular flexibility index (Phi) is 9.06. The molecule has 0 spiro atoms. The molecule has 2 aromatic carbocycles. The van der Waals surface area contributed by atoms with Crippen LogP contribution in [0, 0.1) is 5.92 Å². The van der Waals surface area contributed by atoms with Gasteiger partial charge in [-0.05, 0) is 44.0 Å². The van der Waals surface area contributed by atoms with Gasteiger partial charge in [-0.1, -0.05) is 32.0 Å². The minimum atomic E-state index is -0.736. The number of benzene rings is 2. The van der Waals surface area contributed by atoms with Crippen LogP contribution in [0.25, 0.3) is 0 Å². The van der Waals surface area contributed by atoms with Crippen molar-refractivity contribution in [2.24, 2.45) is 5.92 Å². The smallest absolute Gasteiger partial charge is 0.339 e. The molecule has 0 saturated carbocycles. The Bertz CT molecular complexity index is 922. The van der Waals surface area contributed by atoms with Gasteiger partial charge in [0.05, 0.1) is 18.8 Å². The number of rotatable bonds is 11. The van der Waals surface area contributed by atoms with Crippen LogP contribution in [0.1, 0.15) is 54.0 Å². The molecule has 7 heteroatoms. The second kappa shape index (κ2) is 11.7. The lowest BCUT2D eigenvalue weighted by molar-refractivity contribution is -0.124. The summed E-state index contributed by atoms with van der Waals surface area (Å²) in [6.07, 6.45) is 0. The van der Waals surface area contributed by atoms with E-state index in [0.29, 0.717) is 36.8 Å². The molecule has 0 aliphatic rings. The molecule has 7 nitrogen and oxygen atoms in total. The minimum Gasteiger partial charge on any atom is -0.490 e. The Balaban J connectivity index is 2.20. The maximum absolute atomic E-state index is 13.1. The highest BCUT2D eigenvalue weighted by Gasteiger charge is 2.21. The van der Waals surface area contributed by atoms with E-state index >= 15 is 0 Å². The van der Waals surface area contributed by atoms with Gasteiger partial charge in [0, 0.05) is 17.7 Å². The summed E-state index contributed by atoms with van der Waals surface area (Å²) in [5.74, 6) is -0.203. The molecule has 166 valence electrons. The Morgan fingerprint density at radius 2 is 1.55 bits per heavy atom. The second-order valence-electron chi connectivity index (χ2n) is 7.18. The molecule has 0 aliphatic heterocycles. The summed E-state index contributed by atoms with van der Waals surface area (Å²) >= 11 is 0. The van der Waals surface area contributed by atoms with Gasteiger partial charge in [-0.15, -0.1) is 0 Å². The maximum Gasteiger partial charge on any atom is 0.339 e. The summed E-state index contributed by atoms with van der Waals surface area (Å²) in [4.78, 5) is 37.5. The monoisotopic (exact) mass is 427 g/mol. The van der Waals surface area contributed by atoms with Crippen molar-refractivity contribution in [2.45, 2.75) is 27.7 Å². The van der Waals surface area contributed by atoms with Crippen molar-refractivity contribution >= 4 is 17.7 Å². The normalized spacial score (nSPS) is 10.5.